The van der Waals surface area contributed by atoms with E-state index in [4.69, 9.17) is 24.4 Å². The molecule has 0 bridgehead atoms. The van der Waals surface area contributed by atoms with Crippen molar-refractivity contribution in [3.8, 4) is 73.4 Å². The van der Waals surface area contributed by atoms with Gasteiger partial charge in [-0.15, -0.1) is 0 Å². The van der Waals surface area contributed by atoms with E-state index in [-0.39, 0.29) is 0 Å². The van der Waals surface area contributed by atoms with E-state index in [1.54, 1.807) is 0 Å². The monoisotopic (exact) mass is 893 g/mol. The predicted molar refractivity (Wildman–Crippen MR) is 287 cm³/mol. The average Bonchev–Trinajstić information content (AvgIpc) is 3.98. The van der Waals surface area contributed by atoms with Crippen LogP contribution in [0.1, 0.15) is 0 Å². The van der Waals surface area contributed by atoms with Gasteiger partial charge in [0.1, 0.15) is 11.2 Å². The van der Waals surface area contributed by atoms with Gasteiger partial charge in [-0.05, 0) is 77.4 Å². The van der Waals surface area contributed by atoms with Crippen molar-refractivity contribution in [3.63, 3.8) is 0 Å². The van der Waals surface area contributed by atoms with Crippen LogP contribution in [0.4, 0.5) is 0 Å². The van der Waals surface area contributed by atoms with Crippen molar-refractivity contribution in [1.29, 1.82) is 0 Å². The average molecular weight is 894 g/mol. The summed E-state index contributed by atoms with van der Waals surface area (Å²) in [6.45, 7) is 0. The molecule has 6 nitrogen and oxygen atoms in total. The Hall–Kier alpha value is -9.52. The zero-order valence-corrected chi connectivity index (χ0v) is 37.7. The van der Waals surface area contributed by atoms with Crippen LogP contribution in [-0.4, -0.2) is 24.5 Å². The number of hydrogen-bond donors (Lipinski definition) is 0. The highest BCUT2D eigenvalue weighted by atomic mass is 16.3. The van der Waals surface area contributed by atoms with Gasteiger partial charge < -0.3 is 8.98 Å². The van der Waals surface area contributed by atoms with Crippen molar-refractivity contribution in [2.24, 2.45) is 0 Å². The third kappa shape index (κ3) is 6.49. The number of aromatic nitrogens is 5. The second-order valence-corrected chi connectivity index (χ2v) is 17.7. The second kappa shape index (κ2) is 16.1. The van der Waals surface area contributed by atoms with Crippen LogP contribution >= 0.6 is 0 Å². The van der Waals surface area contributed by atoms with Crippen molar-refractivity contribution in [1.82, 2.24) is 24.5 Å². The van der Waals surface area contributed by atoms with E-state index in [1.165, 1.54) is 21.8 Å². The Labute approximate surface area is 402 Å². The molecular formula is C64H39N5O. The maximum atomic E-state index is 6.65. The first kappa shape index (κ1) is 39.6. The number of para-hydroxylation sites is 4. The number of nitrogens with zero attached hydrogens (tertiary/aromatic N) is 5. The molecule has 4 aromatic heterocycles. The lowest BCUT2D eigenvalue weighted by Gasteiger charge is -2.16. The zero-order chi connectivity index (χ0) is 46.1. The van der Waals surface area contributed by atoms with E-state index >= 15 is 0 Å². The van der Waals surface area contributed by atoms with Crippen LogP contribution in [0.3, 0.4) is 0 Å². The topological polar surface area (TPSA) is 69.6 Å². The summed E-state index contributed by atoms with van der Waals surface area (Å²) in [5, 5.41) is 7.94. The van der Waals surface area contributed by atoms with Crippen molar-refractivity contribution in [2.75, 3.05) is 0 Å². The van der Waals surface area contributed by atoms with Gasteiger partial charge in [0.2, 0.25) is 0 Å². The van der Waals surface area contributed by atoms with Crippen LogP contribution < -0.4 is 0 Å². The molecule has 0 saturated heterocycles. The molecule has 0 radical (unpaired) electrons. The summed E-state index contributed by atoms with van der Waals surface area (Å²) in [6, 6.07) is 82.7. The molecule has 14 rings (SSSR count). The highest BCUT2D eigenvalue weighted by Crippen LogP contribution is 2.46. The Kier molecular flexibility index (Phi) is 9.10. The number of fused-ring (bicyclic) bond motifs is 9. The van der Waals surface area contributed by atoms with Gasteiger partial charge in [-0.3, -0.25) is 0 Å². The Bertz CT molecular complexity index is 4280. The van der Waals surface area contributed by atoms with Gasteiger partial charge in [-0.25, -0.2) is 19.9 Å². The SMILES string of the molecule is c1ccc(-c2nc(-c3ccc(-n4c5ccccc5c5ccccc54)cc3)nc(-c3cccc(-c4ccc(-c5c6c(cc7c(-c8ccccc8)nc8ccccc8c57)oc5ccccc56)cc4)c3)n2)cc1. The fraction of sp³-hybridized carbons (Fsp3) is 0. The first-order valence-electron chi connectivity index (χ1n) is 23.5. The quantitative estimate of drug-likeness (QED) is 0.149. The molecule has 14 aromatic rings. The fourth-order valence-corrected chi connectivity index (χ4v) is 10.4. The number of furan rings is 1. The van der Waals surface area contributed by atoms with Crippen LogP contribution in [0.15, 0.2) is 241 Å². The molecule has 0 saturated carbocycles. The lowest BCUT2D eigenvalue weighted by atomic mass is 9.89. The summed E-state index contributed by atoms with van der Waals surface area (Å²) in [4.78, 5) is 20.6. The van der Waals surface area contributed by atoms with Crippen LogP contribution in [0.25, 0.3) is 139 Å². The third-order valence-corrected chi connectivity index (χ3v) is 13.6. The van der Waals surface area contributed by atoms with E-state index in [1.807, 2.05) is 42.5 Å². The zero-order valence-electron chi connectivity index (χ0n) is 37.7. The highest BCUT2D eigenvalue weighted by molar-refractivity contribution is 6.27. The van der Waals surface area contributed by atoms with E-state index in [2.05, 4.69) is 199 Å². The van der Waals surface area contributed by atoms with Gasteiger partial charge in [-0.2, -0.15) is 0 Å². The minimum atomic E-state index is 0.605. The van der Waals surface area contributed by atoms with Gasteiger partial charge in [-0.1, -0.05) is 176 Å². The third-order valence-electron chi connectivity index (χ3n) is 13.6. The Balaban J connectivity index is 0.881. The summed E-state index contributed by atoms with van der Waals surface area (Å²) in [7, 11) is 0. The van der Waals surface area contributed by atoms with Gasteiger partial charge in [0.05, 0.1) is 22.2 Å². The molecule has 0 unspecified atom stereocenters. The molecule has 0 spiro atoms. The molecule has 0 amide bonds. The molecular weight excluding hydrogens is 855 g/mol. The molecule has 0 fully saturated rings. The summed E-state index contributed by atoms with van der Waals surface area (Å²) in [5.41, 5.74) is 15.1. The Morgan fingerprint density at radius 2 is 0.814 bits per heavy atom. The lowest BCUT2D eigenvalue weighted by Crippen LogP contribution is -2.00. The standard InChI is InChI=1S/C64H39N5O/c1-3-16-42(17-4-1)61-52-39-57-60(51-25-10-14-29-56(51)70-57)58(59(52)50-24-7-11-26-53(50)65-61)41-32-30-40(31-33-41)45-20-15-21-46(38-45)64-67-62(43-18-5-2-6-19-43)66-63(68-64)44-34-36-47(37-35-44)69-54-27-12-8-22-48(54)49-23-9-13-28-55(49)69/h1-39H. The van der Waals surface area contributed by atoms with Crippen LogP contribution in [0.2, 0.25) is 0 Å². The number of hydrogen-bond acceptors (Lipinski definition) is 5. The van der Waals surface area contributed by atoms with Gasteiger partial charge in [0, 0.05) is 71.2 Å². The van der Waals surface area contributed by atoms with Gasteiger partial charge in [0.15, 0.2) is 17.5 Å². The number of rotatable bonds is 7. The molecule has 10 aromatic carbocycles. The molecule has 4 heterocycles. The molecule has 0 N–H and O–H groups in total. The Morgan fingerprint density at radius 1 is 0.300 bits per heavy atom. The maximum Gasteiger partial charge on any atom is 0.164 e. The largest absolute Gasteiger partial charge is 0.456 e. The van der Waals surface area contributed by atoms with Crippen molar-refractivity contribution >= 4 is 65.4 Å². The van der Waals surface area contributed by atoms with Gasteiger partial charge >= 0.3 is 0 Å². The lowest BCUT2D eigenvalue weighted by molar-refractivity contribution is 0.669. The minimum Gasteiger partial charge on any atom is -0.456 e. The highest BCUT2D eigenvalue weighted by Gasteiger charge is 2.22. The predicted octanol–water partition coefficient (Wildman–Crippen LogP) is 16.6. The first-order chi connectivity index (χ1) is 34.7. The smallest absolute Gasteiger partial charge is 0.164 e. The molecule has 0 aliphatic carbocycles. The van der Waals surface area contributed by atoms with Gasteiger partial charge in [0.25, 0.3) is 0 Å². The maximum absolute atomic E-state index is 6.65. The summed E-state index contributed by atoms with van der Waals surface area (Å²) in [6.07, 6.45) is 0. The molecule has 6 heteroatoms. The normalized spacial score (nSPS) is 11.7. The second-order valence-electron chi connectivity index (χ2n) is 17.7. The van der Waals surface area contributed by atoms with E-state index in [0.717, 1.165) is 99.5 Å². The molecule has 0 aliphatic rings. The molecule has 326 valence electrons. The van der Waals surface area contributed by atoms with Crippen molar-refractivity contribution < 1.29 is 4.42 Å². The van der Waals surface area contributed by atoms with Crippen LogP contribution in [0, 0.1) is 0 Å². The number of benzene rings is 10. The van der Waals surface area contributed by atoms with E-state index in [9.17, 15) is 0 Å². The fourth-order valence-electron chi connectivity index (χ4n) is 10.4. The molecule has 0 aliphatic heterocycles. The van der Waals surface area contributed by atoms with E-state index < -0.39 is 0 Å². The molecule has 70 heavy (non-hydrogen) atoms. The Morgan fingerprint density at radius 3 is 1.51 bits per heavy atom. The van der Waals surface area contributed by atoms with Crippen molar-refractivity contribution in [2.45, 2.75) is 0 Å². The summed E-state index contributed by atoms with van der Waals surface area (Å²) >= 11 is 0. The number of pyridine rings is 1. The van der Waals surface area contributed by atoms with Crippen molar-refractivity contribution in [3.05, 3.63) is 237 Å². The summed E-state index contributed by atoms with van der Waals surface area (Å²) < 4.78 is 8.97. The summed E-state index contributed by atoms with van der Waals surface area (Å²) in [5.74, 6) is 1.83. The van der Waals surface area contributed by atoms with E-state index in [0.29, 0.717) is 17.5 Å². The minimum absolute atomic E-state index is 0.605. The first-order valence-corrected chi connectivity index (χ1v) is 23.5. The molecule has 0 atom stereocenters. The van der Waals surface area contributed by atoms with Crippen LogP contribution in [-0.2, 0) is 0 Å². The van der Waals surface area contributed by atoms with Crippen LogP contribution in [0.5, 0.6) is 0 Å².